The lowest BCUT2D eigenvalue weighted by molar-refractivity contribution is -0.142. The number of nitrogens with one attached hydrogen (secondary N) is 1. The molecule has 2 N–H and O–H groups in total. The quantitative estimate of drug-likeness (QED) is 0.597. The van der Waals surface area contributed by atoms with Crippen molar-refractivity contribution in [3.05, 3.63) is 0 Å². The first-order valence-electron chi connectivity index (χ1n) is 5.37. The van der Waals surface area contributed by atoms with Gasteiger partial charge in [0, 0.05) is 13.1 Å². The van der Waals surface area contributed by atoms with E-state index in [0.717, 1.165) is 0 Å². The predicted octanol–water partition coefficient (Wildman–Crippen LogP) is -1.09. The van der Waals surface area contributed by atoms with E-state index in [0.29, 0.717) is 19.7 Å². The van der Waals surface area contributed by atoms with Crippen molar-refractivity contribution in [2.24, 2.45) is 0 Å². The number of morpholine rings is 1. The molecule has 1 atom stereocenters. The fraction of sp³-hybridized carbons (Fsp3) is 0.636. The van der Waals surface area contributed by atoms with E-state index in [1.807, 2.05) is 4.90 Å². The van der Waals surface area contributed by atoms with Crippen LogP contribution in [0.15, 0.2) is 0 Å². The summed E-state index contributed by atoms with van der Waals surface area (Å²) in [5, 5.41) is 11.2. The Labute approximate surface area is 99.9 Å². The molecule has 1 unspecified atom stereocenters. The Bertz CT molecular complexity index is 324. The lowest BCUT2D eigenvalue weighted by Crippen LogP contribution is -2.47. The van der Waals surface area contributed by atoms with E-state index in [9.17, 15) is 9.59 Å². The summed E-state index contributed by atoms with van der Waals surface area (Å²) in [6.45, 7) is 1.96. The molecule has 1 rings (SSSR count). The maximum absolute atomic E-state index is 11.4. The molecule has 1 amide bonds. The van der Waals surface area contributed by atoms with Crippen molar-refractivity contribution in [1.29, 1.82) is 0 Å². The largest absolute Gasteiger partial charge is 0.481 e. The number of carbonyl (C=O) groups excluding carboxylic acids is 1. The van der Waals surface area contributed by atoms with E-state index in [1.165, 1.54) is 0 Å². The molecule has 17 heavy (non-hydrogen) atoms. The van der Waals surface area contributed by atoms with Gasteiger partial charge in [0.15, 0.2) is 0 Å². The second-order valence-corrected chi connectivity index (χ2v) is 3.81. The molecule has 0 bridgehead atoms. The van der Waals surface area contributed by atoms with Gasteiger partial charge < -0.3 is 15.2 Å². The van der Waals surface area contributed by atoms with E-state index in [-0.39, 0.29) is 31.5 Å². The molecule has 0 aromatic rings. The maximum atomic E-state index is 11.4. The van der Waals surface area contributed by atoms with Crippen LogP contribution in [0.25, 0.3) is 0 Å². The molecule has 0 aliphatic carbocycles. The molecule has 0 radical (unpaired) electrons. The SMILES string of the molecule is C#CCNC(=O)CN1CCOC(CC(=O)O)C1. The summed E-state index contributed by atoms with van der Waals surface area (Å²) in [5.74, 6) is 1.27. The summed E-state index contributed by atoms with van der Waals surface area (Å²) in [6, 6.07) is 0. The number of hydrogen-bond donors (Lipinski definition) is 2. The van der Waals surface area contributed by atoms with Crippen LogP contribution in [-0.2, 0) is 14.3 Å². The molecule has 1 saturated heterocycles. The van der Waals surface area contributed by atoms with Gasteiger partial charge in [0.05, 0.1) is 32.2 Å². The monoisotopic (exact) mass is 240 g/mol. The topological polar surface area (TPSA) is 78.9 Å². The number of terminal acetylenes is 1. The van der Waals surface area contributed by atoms with Crippen molar-refractivity contribution >= 4 is 11.9 Å². The molecule has 94 valence electrons. The van der Waals surface area contributed by atoms with Crippen LogP contribution in [-0.4, -0.2) is 60.8 Å². The first-order chi connectivity index (χ1) is 8.11. The van der Waals surface area contributed by atoms with Crippen molar-refractivity contribution in [2.75, 3.05) is 32.8 Å². The lowest BCUT2D eigenvalue weighted by Gasteiger charge is -2.31. The van der Waals surface area contributed by atoms with Gasteiger partial charge in [-0.15, -0.1) is 6.42 Å². The van der Waals surface area contributed by atoms with Gasteiger partial charge in [0.25, 0.3) is 0 Å². The van der Waals surface area contributed by atoms with E-state index in [1.54, 1.807) is 0 Å². The van der Waals surface area contributed by atoms with Gasteiger partial charge in [-0.25, -0.2) is 0 Å². The second kappa shape index (κ2) is 6.89. The number of carboxylic acid groups (broad SMARTS) is 1. The van der Waals surface area contributed by atoms with Gasteiger partial charge >= 0.3 is 5.97 Å². The van der Waals surface area contributed by atoms with Crippen LogP contribution in [0.5, 0.6) is 0 Å². The number of ether oxygens (including phenoxy) is 1. The minimum Gasteiger partial charge on any atom is -0.481 e. The summed E-state index contributed by atoms with van der Waals surface area (Å²) in [7, 11) is 0. The zero-order valence-electron chi connectivity index (χ0n) is 9.52. The van der Waals surface area contributed by atoms with Gasteiger partial charge in [-0.1, -0.05) is 5.92 Å². The Morgan fingerprint density at radius 2 is 2.35 bits per heavy atom. The maximum Gasteiger partial charge on any atom is 0.306 e. The standard InChI is InChI=1S/C11H16N2O4/c1-2-3-12-10(14)8-13-4-5-17-9(7-13)6-11(15)16/h1,9H,3-8H2,(H,12,14)(H,15,16). The Morgan fingerprint density at radius 1 is 1.59 bits per heavy atom. The Hall–Kier alpha value is -1.58. The minimum atomic E-state index is -0.895. The molecule has 1 heterocycles. The zero-order valence-corrected chi connectivity index (χ0v) is 9.52. The molecule has 0 saturated carbocycles. The van der Waals surface area contributed by atoms with Crippen LogP contribution in [0, 0.1) is 12.3 Å². The molecular formula is C11H16N2O4. The molecule has 6 heteroatoms. The first-order valence-corrected chi connectivity index (χ1v) is 5.37. The average molecular weight is 240 g/mol. The van der Waals surface area contributed by atoms with E-state index in [2.05, 4.69) is 11.2 Å². The highest BCUT2D eigenvalue weighted by Crippen LogP contribution is 2.08. The fourth-order valence-corrected chi connectivity index (χ4v) is 1.65. The van der Waals surface area contributed by atoms with Gasteiger partial charge in [0.2, 0.25) is 5.91 Å². The normalized spacial score (nSPS) is 20.5. The summed E-state index contributed by atoms with van der Waals surface area (Å²) >= 11 is 0. The average Bonchev–Trinajstić information content (AvgIpc) is 2.26. The van der Waals surface area contributed by atoms with Gasteiger partial charge in [-0.05, 0) is 0 Å². The van der Waals surface area contributed by atoms with E-state index >= 15 is 0 Å². The van der Waals surface area contributed by atoms with E-state index < -0.39 is 5.97 Å². The number of carbonyl (C=O) groups is 2. The number of carboxylic acids is 1. The number of rotatable bonds is 5. The first kappa shape index (κ1) is 13.5. The molecule has 6 nitrogen and oxygen atoms in total. The van der Waals surface area contributed by atoms with Gasteiger partial charge in [0.1, 0.15) is 0 Å². The third-order valence-corrected chi connectivity index (χ3v) is 2.38. The van der Waals surface area contributed by atoms with Crippen LogP contribution < -0.4 is 5.32 Å². The molecular weight excluding hydrogens is 224 g/mol. The molecule has 1 aliphatic rings. The van der Waals surface area contributed by atoms with Crippen LogP contribution in [0.1, 0.15) is 6.42 Å². The van der Waals surface area contributed by atoms with Gasteiger partial charge in [-0.2, -0.15) is 0 Å². The second-order valence-electron chi connectivity index (χ2n) is 3.81. The third kappa shape index (κ3) is 5.33. The summed E-state index contributed by atoms with van der Waals surface area (Å²) < 4.78 is 5.30. The van der Waals surface area contributed by atoms with E-state index in [4.69, 9.17) is 16.3 Å². The summed E-state index contributed by atoms with van der Waals surface area (Å²) in [5.41, 5.74) is 0. The molecule has 1 fully saturated rings. The Kier molecular flexibility index (Phi) is 5.46. The van der Waals surface area contributed by atoms with Crippen molar-refractivity contribution < 1.29 is 19.4 Å². The van der Waals surface area contributed by atoms with Crippen molar-refractivity contribution in [1.82, 2.24) is 10.2 Å². The number of nitrogens with zero attached hydrogens (tertiary/aromatic N) is 1. The smallest absolute Gasteiger partial charge is 0.306 e. The zero-order chi connectivity index (χ0) is 12.7. The van der Waals surface area contributed by atoms with Crippen molar-refractivity contribution in [3.63, 3.8) is 0 Å². The minimum absolute atomic E-state index is 0.0392. The fourth-order valence-electron chi connectivity index (χ4n) is 1.65. The Morgan fingerprint density at radius 3 is 3.00 bits per heavy atom. The highest BCUT2D eigenvalue weighted by Gasteiger charge is 2.23. The number of aliphatic carboxylic acids is 1. The van der Waals surface area contributed by atoms with Gasteiger partial charge in [-0.3, -0.25) is 14.5 Å². The number of amides is 1. The number of hydrogen-bond acceptors (Lipinski definition) is 4. The molecule has 0 aromatic heterocycles. The van der Waals surface area contributed by atoms with Crippen LogP contribution in [0.3, 0.4) is 0 Å². The van der Waals surface area contributed by atoms with Crippen LogP contribution in [0.2, 0.25) is 0 Å². The third-order valence-electron chi connectivity index (χ3n) is 2.38. The van der Waals surface area contributed by atoms with Crippen molar-refractivity contribution in [2.45, 2.75) is 12.5 Å². The Balaban J connectivity index is 2.31. The molecule has 1 aliphatic heterocycles. The van der Waals surface area contributed by atoms with Crippen molar-refractivity contribution in [3.8, 4) is 12.3 Å². The van der Waals surface area contributed by atoms with Crippen LogP contribution >= 0.6 is 0 Å². The lowest BCUT2D eigenvalue weighted by atomic mass is 10.2. The summed E-state index contributed by atoms with van der Waals surface area (Å²) in [6.07, 6.45) is 4.64. The highest BCUT2D eigenvalue weighted by atomic mass is 16.5. The molecule has 0 aromatic carbocycles. The molecule has 0 spiro atoms. The van der Waals surface area contributed by atoms with Crippen LogP contribution in [0.4, 0.5) is 0 Å². The predicted molar refractivity (Wildman–Crippen MR) is 60.3 cm³/mol. The summed E-state index contributed by atoms with van der Waals surface area (Å²) in [4.78, 5) is 23.8. The highest BCUT2D eigenvalue weighted by molar-refractivity contribution is 5.78.